The molecular formula is C15H13N7O2. The first-order valence-electron chi connectivity index (χ1n) is 6.94. The number of tetrazole rings is 1. The molecule has 0 fully saturated rings. The van der Waals surface area contributed by atoms with Crippen LogP contribution in [0.15, 0.2) is 54.9 Å². The van der Waals surface area contributed by atoms with Crippen LogP contribution in [0.25, 0.3) is 5.69 Å². The number of benzene rings is 2. The molecule has 3 amide bonds. The molecule has 0 aliphatic carbocycles. The lowest BCUT2D eigenvalue weighted by Gasteiger charge is -2.10. The standard InChI is InChI=1S/C15H13N7O2/c16-15(24)19-11-7-5-10(6-8-11)18-14(23)12-3-1-2-4-13(12)22-9-17-20-21-22/h1-9H,(H,18,23)(H3,16,19,24). The van der Waals surface area contributed by atoms with Gasteiger partial charge in [0.15, 0.2) is 0 Å². The van der Waals surface area contributed by atoms with Gasteiger partial charge >= 0.3 is 6.03 Å². The van der Waals surface area contributed by atoms with Gasteiger partial charge in [0.2, 0.25) is 0 Å². The maximum Gasteiger partial charge on any atom is 0.316 e. The Morgan fingerprint density at radius 3 is 2.25 bits per heavy atom. The van der Waals surface area contributed by atoms with Crippen molar-refractivity contribution in [2.75, 3.05) is 10.6 Å². The molecule has 0 saturated carbocycles. The SMILES string of the molecule is NC(=O)Nc1ccc(NC(=O)c2ccccc2-n2cnnn2)cc1. The van der Waals surface area contributed by atoms with Crippen LogP contribution in [-0.2, 0) is 0 Å². The summed E-state index contributed by atoms with van der Waals surface area (Å²) in [5.74, 6) is -0.309. The monoisotopic (exact) mass is 323 g/mol. The lowest BCUT2D eigenvalue weighted by Crippen LogP contribution is -2.19. The summed E-state index contributed by atoms with van der Waals surface area (Å²) in [6.45, 7) is 0. The Kier molecular flexibility index (Phi) is 4.15. The van der Waals surface area contributed by atoms with E-state index in [4.69, 9.17) is 5.73 Å². The molecule has 9 nitrogen and oxygen atoms in total. The number of nitrogens with one attached hydrogen (secondary N) is 2. The van der Waals surface area contributed by atoms with Crippen LogP contribution in [0.2, 0.25) is 0 Å². The molecule has 0 spiro atoms. The second-order valence-electron chi connectivity index (χ2n) is 4.79. The normalized spacial score (nSPS) is 10.2. The van der Waals surface area contributed by atoms with Gasteiger partial charge in [0.05, 0.1) is 11.3 Å². The van der Waals surface area contributed by atoms with E-state index in [2.05, 4.69) is 26.2 Å². The second kappa shape index (κ2) is 6.57. The summed E-state index contributed by atoms with van der Waals surface area (Å²) < 4.78 is 1.41. The predicted molar refractivity (Wildman–Crippen MR) is 86.8 cm³/mol. The minimum absolute atomic E-state index is 0.309. The summed E-state index contributed by atoms with van der Waals surface area (Å²) in [6, 6.07) is 12.9. The first kappa shape index (κ1) is 15.2. The van der Waals surface area contributed by atoms with Gasteiger partial charge in [0.25, 0.3) is 5.91 Å². The number of anilines is 2. The molecule has 0 aliphatic heterocycles. The van der Waals surface area contributed by atoms with Gasteiger partial charge in [-0.2, -0.15) is 4.68 Å². The largest absolute Gasteiger partial charge is 0.351 e. The molecule has 0 unspecified atom stereocenters. The second-order valence-corrected chi connectivity index (χ2v) is 4.79. The molecule has 0 radical (unpaired) electrons. The van der Waals surface area contributed by atoms with Gasteiger partial charge in [0, 0.05) is 11.4 Å². The number of urea groups is 1. The predicted octanol–water partition coefficient (Wildman–Crippen LogP) is 1.41. The quantitative estimate of drug-likeness (QED) is 0.668. The van der Waals surface area contributed by atoms with Crippen LogP contribution in [0.4, 0.5) is 16.2 Å². The Morgan fingerprint density at radius 2 is 1.62 bits per heavy atom. The fraction of sp³-hybridized carbons (Fsp3) is 0. The summed E-state index contributed by atoms with van der Waals surface area (Å²) in [5, 5.41) is 16.2. The van der Waals surface area contributed by atoms with Crippen molar-refractivity contribution in [3.63, 3.8) is 0 Å². The number of nitrogens with zero attached hydrogens (tertiary/aromatic N) is 4. The van der Waals surface area contributed by atoms with Crippen LogP contribution in [-0.4, -0.2) is 32.1 Å². The van der Waals surface area contributed by atoms with Crippen LogP contribution in [0, 0.1) is 0 Å². The molecule has 0 aliphatic rings. The van der Waals surface area contributed by atoms with E-state index in [1.54, 1.807) is 48.5 Å². The van der Waals surface area contributed by atoms with Crippen LogP contribution >= 0.6 is 0 Å². The van der Waals surface area contributed by atoms with Gasteiger partial charge in [-0.25, -0.2) is 4.79 Å². The third kappa shape index (κ3) is 3.35. The number of amides is 3. The Labute approximate surface area is 136 Å². The van der Waals surface area contributed by atoms with Crippen molar-refractivity contribution in [3.8, 4) is 5.69 Å². The van der Waals surface area contributed by atoms with Crippen molar-refractivity contribution >= 4 is 23.3 Å². The Hall–Kier alpha value is -3.75. The molecule has 0 atom stereocenters. The van der Waals surface area contributed by atoms with E-state index >= 15 is 0 Å². The number of nitrogens with two attached hydrogens (primary N) is 1. The van der Waals surface area contributed by atoms with Crippen molar-refractivity contribution in [1.82, 2.24) is 20.2 Å². The highest BCUT2D eigenvalue weighted by molar-refractivity contribution is 6.06. The maximum atomic E-state index is 12.5. The molecule has 9 heteroatoms. The van der Waals surface area contributed by atoms with Gasteiger partial charge in [-0.05, 0) is 46.8 Å². The summed E-state index contributed by atoms with van der Waals surface area (Å²) in [5.41, 5.74) is 7.13. The van der Waals surface area contributed by atoms with E-state index < -0.39 is 6.03 Å². The summed E-state index contributed by atoms with van der Waals surface area (Å²) in [7, 11) is 0. The number of rotatable bonds is 4. The molecule has 1 heterocycles. The van der Waals surface area contributed by atoms with Crippen molar-refractivity contribution < 1.29 is 9.59 Å². The average Bonchev–Trinajstić information content (AvgIpc) is 3.10. The molecule has 1 aromatic heterocycles. The van der Waals surface area contributed by atoms with Crippen LogP contribution < -0.4 is 16.4 Å². The summed E-state index contributed by atoms with van der Waals surface area (Å²) in [4.78, 5) is 23.3. The topological polar surface area (TPSA) is 128 Å². The van der Waals surface area contributed by atoms with Gasteiger partial charge in [0.1, 0.15) is 6.33 Å². The van der Waals surface area contributed by atoms with Gasteiger partial charge in [-0.3, -0.25) is 4.79 Å². The minimum atomic E-state index is -0.651. The third-order valence-electron chi connectivity index (χ3n) is 3.15. The van der Waals surface area contributed by atoms with Gasteiger partial charge < -0.3 is 16.4 Å². The number of primary amides is 1. The molecule has 4 N–H and O–H groups in total. The molecule has 24 heavy (non-hydrogen) atoms. The molecule has 120 valence electrons. The zero-order valence-electron chi connectivity index (χ0n) is 12.4. The number of carbonyl (C=O) groups is 2. The number of carbonyl (C=O) groups excluding carboxylic acids is 2. The van der Waals surface area contributed by atoms with Gasteiger partial charge in [-0.15, -0.1) is 5.10 Å². The number of para-hydroxylation sites is 1. The van der Waals surface area contributed by atoms with Crippen molar-refractivity contribution in [2.24, 2.45) is 5.73 Å². The smallest absolute Gasteiger partial charge is 0.316 e. The third-order valence-corrected chi connectivity index (χ3v) is 3.15. The molecule has 3 aromatic rings. The highest BCUT2D eigenvalue weighted by atomic mass is 16.2. The van der Waals surface area contributed by atoms with E-state index in [1.165, 1.54) is 11.0 Å². The van der Waals surface area contributed by atoms with E-state index in [0.717, 1.165) is 0 Å². The van der Waals surface area contributed by atoms with Crippen LogP contribution in [0.5, 0.6) is 0 Å². The fourth-order valence-electron chi connectivity index (χ4n) is 2.11. The summed E-state index contributed by atoms with van der Waals surface area (Å²) >= 11 is 0. The molecule has 2 aromatic carbocycles. The Bertz CT molecular complexity index is 860. The fourth-order valence-corrected chi connectivity index (χ4v) is 2.11. The average molecular weight is 323 g/mol. The number of hydrogen-bond acceptors (Lipinski definition) is 5. The van der Waals surface area contributed by atoms with Crippen molar-refractivity contribution in [3.05, 3.63) is 60.4 Å². The zero-order valence-corrected chi connectivity index (χ0v) is 12.4. The van der Waals surface area contributed by atoms with Crippen molar-refractivity contribution in [2.45, 2.75) is 0 Å². The molecule has 0 saturated heterocycles. The van der Waals surface area contributed by atoms with E-state index in [1.807, 2.05) is 0 Å². The van der Waals surface area contributed by atoms with Crippen molar-refractivity contribution in [1.29, 1.82) is 0 Å². The number of aromatic nitrogens is 4. The first-order chi connectivity index (χ1) is 11.6. The zero-order chi connectivity index (χ0) is 16.9. The lowest BCUT2D eigenvalue weighted by molar-refractivity contribution is 0.102. The first-order valence-corrected chi connectivity index (χ1v) is 6.94. The van der Waals surface area contributed by atoms with Gasteiger partial charge in [-0.1, -0.05) is 12.1 Å². The van der Waals surface area contributed by atoms with E-state index in [9.17, 15) is 9.59 Å². The highest BCUT2D eigenvalue weighted by Crippen LogP contribution is 2.17. The summed E-state index contributed by atoms with van der Waals surface area (Å²) in [6.07, 6.45) is 1.41. The Balaban J connectivity index is 1.80. The highest BCUT2D eigenvalue weighted by Gasteiger charge is 2.13. The van der Waals surface area contributed by atoms with E-state index in [0.29, 0.717) is 22.6 Å². The maximum absolute atomic E-state index is 12.5. The minimum Gasteiger partial charge on any atom is -0.351 e. The Morgan fingerprint density at radius 1 is 0.958 bits per heavy atom. The van der Waals surface area contributed by atoms with Crippen LogP contribution in [0.1, 0.15) is 10.4 Å². The molecule has 3 rings (SSSR count). The lowest BCUT2D eigenvalue weighted by atomic mass is 10.1. The van der Waals surface area contributed by atoms with E-state index in [-0.39, 0.29) is 5.91 Å². The molecule has 0 bridgehead atoms. The molecular weight excluding hydrogens is 310 g/mol. The van der Waals surface area contributed by atoms with Crippen LogP contribution in [0.3, 0.4) is 0 Å². The number of hydrogen-bond donors (Lipinski definition) is 3.